The third kappa shape index (κ3) is 2.36. The minimum absolute atomic E-state index is 0.275. The molecule has 0 aliphatic rings. The quantitative estimate of drug-likeness (QED) is 0.687. The third-order valence-electron chi connectivity index (χ3n) is 2.80. The Morgan fingerprint density at radius 2 is 2.00 bits per heavy atom. The molecule has 3 rings (SSSR count). The number of ether oxygens (including phenoxy) is 1. The second-order valence-electron chi connectivity index (χ2n) is 4.52. The Morgan fingerprint density at radius 3 is 2.70 bits per heavy atom. The van der Waals surface area contributed by atoms with Crippen LogP contribution < -0.4 is 4.74 Å². The largest absolute Gasteiger partial charge is 0.435 e. The van der Waals surface area contributed by atoms with Gasteiger partial charge in [0.25, 0.3) is 5.88 Å². The summed E-state index contributed by atoms with van der Waals surface area (Å²) >= 11 is 3.28. The highest BCUT2D eigenvalue weighted by molar-refractivity contribution is 9.10. The molecule has 20 heavy (non-hydrogen) atoms. The van der Waals surface area contributed by atoms with E-state index in [0.717, 1.165) is 10.3 Å². The molecule has 0 saturated heterocycles. The van der Waals surface area contributed by atoms with Gasteiger partial charge in [-0.2, -0.15) is 4.98 Å². The van der Waals surface area contributed by atoms with Gasteiger partial charge in [0.15, 0.2) is 11.2 Å². The molecule has 0 saturated carbocycles. The van der Waals surface area contributed by atoms with Crippen LogP contribution in [0.1, 0.15) is 19.9 Å². The van der Waals surface area contributed by atoms with Crippen molar-refractivity contribution in [1.82, 2.24) is 24.5 Å². The van der Waals surface area contributed by atoms with Crippen LogP contribution in [0.2, 0.25) is 0 Å². The van der Waals surface area contributed by atoms with E-state index in [2.05, 4.69) is 49.7 Å². The normalized spacial score (nSPS) is 11.2. The van der Waals surface area contributed by atoms with E-state index in [9.17, 15) is 0 Å². The standard InChI is InChI=1S/C13H12BrN5O/c1-8(2)19-7-18-11-12(19)16-6-17-13(11)20-9-3-4-10(14)15-5-9/h3-8H,1-2H3. The first-order valence-electron chi connectivity index (χ1n) is 6.12. The van der Waals surface area contributed by atoms with Gasteiger partial charge >= 0.3 is 0 Å². The lowest BCUT2D eigenvalue weighted by Gasteiger charge is -2.07. The molecule has 3 heterocycles. The predicted molar refractivity (Wildman–Crippen MR) is 77.7 cm³/mol. The molecular weight excluding hydrogens is 322 g/mol. The molecule has 0 aromatic carbocycles. The first kappa shape index (κ1) is 13.0. The average molecular weight is 334 g/mol. The molecule has 0 fully saturated rings. The maximum Gasteiger partial charge on any atom is 0.250 e. The highest BCUT2D eigenvalue weighted by Crippen LogP contribution is 2.26. The fourth-order valence-electron chi connectivity index (χ4n) is 1.82. The van der Waals surface area contributed by atoms with Gasteiger partial charge in [0.2, 0.25) is 0 Å². The van der Waals surface area contributed by atoms with Crippen LogP contribution in [-0.4, -0.2) is 24.5 Å². The summed E-state index contributed by atoms with van der Waals surface area (Å²) in [7, 11) is 0. The monoisotopic (exact) mass is 333 g/mol. The topological polar surface area (TPSA) is 65.7 Å². The fraction of sp³-hybridized carbons (Fsp3) is 0.231. The first-order chi connectivity index (χ1) is 9.65. The van der Waals surface area contributed by atoms with Crippen LogP contribution in [0.3, 0.4) is 0 Å². The predicted octanol–water partition coefficient (Wildman–Crippen LogP) is 3.36. The van der Waals surface area contributed by atoms with Gasteiger partial charge in [-0.25, -0.2) is 15.0 Å². The number of halogens is 1. The SMILES string of the molecule is CC(C)n1cnc2c(Oc3ccc(Br)nc3)ncnc21. The van der Waals surface area contributed by atoms with Gasteiger partial charge in [-0.15, -0.1) is 0 Å². The van der Waals surface area contributed by atoms with Crippen molar-refractivity contribution < 1.29 is 4.74 Å². The summed E-state index contributed by atoms with van der Waals surface area (Å²) in [5.41, 5.74) is 1.40. The van der Waals surface area contributed by atoms with Crippen molar-refractivity contribution >= 4 is 27.1 Å². The fourth-order valence-corrected chi connectivity index (χ4v) is 2.05. The van der Waals surface area contributed by atoms with Gasteiger partial charge in [0.1, 0.15) is 16.7 Å². The Hall–Kier alpha value is -2.02. The molecule has 3 aromatic rings. The van der Waals surface area contributed by atoms with Crippen molar-refractivity contribution in [2.75, 3.05) is 0 Å². The number of pyridine rings is 1. The highest BCUT2D eigenvalue weighted by atomic mass is 79.9. The summed E-state index contributed by atoms with van der Waals surface area (Å²) in [6.45, 7) is 4.14. The van der Waals surface area contributed by atoms with Crippen LogP contribution >= 0.6 is 15.9 Å². The number of aromatic nitrogens is 5. The van der Waals surface area contributed by atoms with E-state index in [-0.39, 0.29) is 6.04 Å². The van der Waals surface area contributed by atoms with Crippen molar-refractivity contribution in [1.29, 1.82) is 0 Å². The Bertz CT molecular complexity index is 738. The lowest BCUT2D eigenvalue weighted by molar-refractivity contribution is 0.464. The van der Waals surface area contributed by atoms with Gasteiger partial charge in [-0.05, 0) is 41.9 Å². The molecule has 6 nitrogen and oxygen atoms in total. The third-order valence-corrected chi connectivity index (χ3v) is 3.27. The maximum atomic E-state index is 5.73. The van der Waals surface area contributed by atoms with Gasteiger partial charge < -0.3 is 9.30 Å². The summed E-state index contributed by atoms with van der Waals surface area (Å²) in [4.78, 5) is 16.9. The summed E-state index contributed by atoms with van der Waals surface area (Å²) in [6, 6.07) is 3.89. The number of hydrogen-bond acceptors (Lipinski definition) is 5. The lowest BCUT2D eigenvalue weighted by Crippen LogP contribution is -2.00. The molecule has 0 aliphatic heterocycles. The summed E-state index contributed by atoms with van der Waals surface area (Å²) in [5.74, 6) is 1.03. The highest BCUT2D eigenvalue weighted by Gasteiger charge is 2.13. The zero-order valence-electron chi connectivity index (χ0n) is 11.0. The molecule has 3 aromatic heterocycles. The molecule has 0 unspecified atom stereocenters. The molecular formula is C13H12BrN5O. The Kier molecular flexibility index (Phi) is 3.35. The van der Waals surface area contributed by atoms with E-state index < -0.39 is 0 Å². The number of nitrogens with zero attached hydrogens (tertiary/aromatic N) is 5. The number of fused-ring (bicyclic) bond motifs is 1. The van der Waals surface area contributed by atoms with Crippen LogP contribution in [0.5, 0.6) is 11.6 Å². The first-order valence-corrected chi connectivity index (χ1v) is 6.91. The molecule has 102 valence electrons. The number of rotatable bonds is 3. The number of hydrogen-bond donors (Lipinski definition) is 0. The van der Waals surface area contributed by atoms with Gasteiger partial charge in [-0.3, -0.25) is 0 Å². The molecule has 0 spiro atoms. The second kappa shape index (κ2) is 5.16. The minimum Gasteiger partial charge on any atom is -0.435 e. The van der Waals surface area contributed by atoms with Crippen LogP contribution in [0.4, 0.5) is 0 Å². The Morgan fingerprint density at radius 1 is 1.15 bits per heavy atom. The zero-order chi connectivity index (χ0) is 14.1. The van der Waals surface area contributed by atoms with E-state index in [1.54, 1.807) is 18.6 Å². The van der Waals surface area contributed by atoms with Crippen LogP contribution in [0, 0.1) is 0 Å². The number of imidazole rings is 1. The second-order valence-corrected chi connectivity index (χ2v) is 5.33. The van der Waals surface area contributed by atoms with Gasteiger partial charge in [0.05, 0.1) is 12.5 Å². The molecule has 0 amide bonds. The lowest BCUT2D eigenvalue weighted by atomic mass is 10.4. The van der Waals surface area contributed by atoms with Crippen molar-refractivity contribution in [3.63, 3.8) is 0 Å². The van der Waals surface area contributed by atoms with Crippen molar-refractivity contribution in [2.24, 2.45) is 0 Å². The van der Waals surface area contributed by atoms with Gasteiger partial charge in [0, 0.05) is 6.04 Å². The van der Waals surface area contributed by atoms with E-state index in [0.29, 0.717) is 17.1 Å². The van der Waals surface area contributed by atoms with Crippen LogP contribution in [0.15, 0.2) is 35.6 Å². The van der Waals surface area contributed by atoms with E-state index in [1.165, 1.54) is 6.33 Å². The minimum atomic E-state index is 0.275. The summed E-state index contributed by atoms with van der Waals surface area (Å²) in [5, 5.41) is 0. The molecule has 0 bridgehead atoms. The van der Waals surface area contributed by atoms with Crippen LogP contribution in [0.25, 0.3) is 11.2 Å². The summed E-state index contributed by atoms with van der Waals surface area (Å²) < 4.78 is 8.46. The molecule has 0 radical (unpaired) electrons. The van der Waals surface area contributed by atoms with Crippen molar-refractivity contribution in [2.45, 2.75) is 19.9 Å². The van der Waals surface area contributed by atoms with E-state index in [1.807, 2.05) is 10.6 Å². The van der Waals surface area contributed by atoms with Crippen LogP contribution in [-0.2, 0) is 0 Å². The average Bonchev–Trinajstić information content (AvgIpc) is 2.86. The molecule has 7 heteroatoms. The zero-order valence-corrected chi connectivity index (χ0v) is 12.6. The molecule has 0 N–H and O–H groups in total. The molecule has 0 atom stereocenters. The van der Waals surface area contributed by atoms with Gasteiger partial charge in [-0.1, -0.05) is 0 Å². The van der Waals surface area contributed by atoms with Crippen molar-refractivity contribution in [3.8, 4) is 11.6 Å². The maximum absolute atomic E-state index is 5.73. The molecule has 0 aliphatic carbocycles. The van der Waals surface area contributed by atoms with Crippen molar-refractivity contribution in [3.05, 3.63) is 35.6 Å². The Labute approximate surface area is 124 Å². The van der Waals surface area contributed by atoms with E-state index in [4.69, 9.17) is 4.74 Å². The van der Waals surface area contributed by atoms with E-state index >= 15 is 0 Å². The summed E-state index contributed by atoms with van der Waals surface area (Å²) in [6.07, 6.45) is 4.85. The smallest absolute Gasteiger partial charge is 0.250 e. The Balaban J connectivity index is 2.01.